The van der Waals surface area contributed by atoms with Crippen LogP contribution in [-0.4, -0.2) is 36.1 Å². The van der Waals surface area contributed by atoms with Crippen molar-refractivity contribution in [3.63, 3.8) is 0 Å². The van der Waals surface area contributed by atoms with Crippen molar-refractivity contribution in [1.82, 2.24) is 4.90 Å². The average Bonchev–Trinajstić information content (AvgIpc) is 2.55. The van der Waals surface area contributed by atoms with Gasteiger partial charge < -0.3 is 5.11 Å². The molecule has 2 aromatic carbocycles. The molecule has 134 valence electrons. The minimum absolute atomic E-state index is 0.0749. The summed E-state index contributed by atoms with van der Waals surface area (Å²) in [6.45, 7) is 0.446. The van der Waals surface area contributed by atoms with Gasteiger partial charge in [0.25, 0.3) is 0 Å². The zero-order valence-electron chi connectivity index (χ0n) is 13.8. The summed E-state index contributed by atoms with van der Waals surface area (Å²) in [6, 6.07) is 14.7. The van der Waals surface area contributed by atoms with Gasteiger partial charge in [-0.1, -0.05) is 42.5 Å². The Kier molecular flexibility index (Phi) is 6.20. The van der Waals surface area contributed by atoms with Crippen LogP contribution in [0.2, 0.25) is 0 Å². The fourth-order valence-corrected chi connectivity index (χ4v) is 2.77. The number of carbonyl (C=O) groups is 1. The summed E-state index contributed by atoms with van der Waals surface area (Å²) < 4.78 is 38.3. The monoisotopic (exact) mass is 351 g/mol. The molecule has 25 heavy (non-hydrogen) atoms. The summed E-state index contributed by atoms with van der Waals surface area (Å²) >= 11 is 0. The highest BCUT2D eigenvalue weighted by molar-refractivity contribution is 5.69. The first kappa shape index (κ1) is 19.0. The van der Waals surface area contributed by atoms with E-state index in [1.54, 1.807) is 11.9 Å². The fourth-order valence-electron chi connectivity index (χ4n) is 2.77. The largest absolute Gasteiger partial charge is 0.480 e. The van der Waals surface area contributed by atoms with Crippen LogP contribution in [0.4, 0.5) is 13.2 Å². The molecule has 0 amide bonds. The molecule has 0 heterocycles. The summed E-state index contributed by atoms with van der Waals surface area (Å²) in [5, 5.41) is 8.84. The number of hydrogen-bond donors (Lipinski definition) is 1. The molecule has 0 aliphatic heterocycles. The number of carboxylic acid groups (broad SMARTS) is 1. The maximum atomic E-state index is 12.8. The van der Waals surface area contributed by atoms with Crippen molar-refractivity contribution in [2.75, 3.05) is 20.1 Å². The number of rotatable bonds is 7. The number of hydrogen-bond acceptors (Lipinski definition) is 2. The molecule has 2 rings (SSSR count). The van der Waals surface area contributed by atoms with Crippen LogP contribution in [0.5, 0.6) is 0 Å². The number of alkyl halides is 3. The summed E-state index contributed by atoms with van der Waals surface area (Å²) in [5.41, 5.74) is 1.10. The van der Waals surface area contributed by atoms with E-state index < -0.39 is 17.7 Å². The Labute approximate surface area is 144 Å². The Balaban J connectivity index is 2.21. The van der Waals surface area contributed by atoms with Gasteiger partial charge in [0.05, 0.1) is 12.1 Å². The SMILES string of the molecule is CN(CCC(c1ccccc1)c1ccc(C(F)(F)F)cc1)CC(=O)O. The van der Waals surface area contributed by atoms with Crippen LogP contribution >= 0.6 is 0 Å². The molecule has 1 unspecified atom stereocenters. The molecule has 3 nitrogen and oxygen atoms in total. The summed E-state index contributed by atoms with van der Waals surface area (Å²) in [6.07, 6.45) is -3.75. The molecule has 6 heteroatoms. The Hall–Kier alpha value is -2.34. The van der Waals surface area contributed by atoms with Crippen molar-refractivity contribution in [2.24, 2.45) is 0 Å². The minimum Gasteiger partial charge on any atom is -0.480 e. The van der Waals surface area contributed by atoms with Gasteiger partial charge in [-0.2, -0.15) is 13.2 Å². The van der Waals surface area contributed by atoms with Gasteiger partial charge in [-0.05, 0) is 43.3 Å². The molecule has 0 aliphatic carbocycles. The third kappa shape index (κ3) is 5.60. The molecule has 0 aliphatic rings. The van der Waals surface area contributed by atoms with Gasteiger partial charge in [-0.25, -0.2) is 0 Å². The number of nitrogens with zero attached hydrogens (tertiary/aromatic N) is 1. The first-order chi connectivity index (χ1) is 11.8. The van der Waals surface area contributed by atoms with Crippen molar-refractivity contribution in [1.29, 1.82) is 0 Å². The second-order valence-electron chi connectivity index (χ2n) is 6.00. The average molecular weight is 351 g/mol. The lowest BCUT2D eigenvalue weighted by atomic mass is 9.88. The van der Waals surface area contributed by atoms with E-state index in [0.29, 0.717) is 13.0 Å². The number of aliphatic carboxylic acids is 1. The molecule has 2 aromatic rings. The van der Waals surface area contributed by atoms with Crippen LogP contribution in [0.1, 0.15) is 29.0 Å². The Morgan fingerprint density at radius 2 is 1.60 bits per heavy atom. The van der Waals surface area contributed by atoms with Gasteiger partial charge in [0.2, 0.25) is 0 Å². The quantitative estimate of drug-likeness (QED) is 0.811. The van der Waals surface area contributed by atoms with Crippen LogP contribution in [0, 0.1) is 0 Å². The van der Waals surface area contributed by atoms with Crippen molar-refractivity contribution in [3.8, 4) is 0 Å². The van der Waals surface area contributed by atoms with E-state index in [-0.39, 0.29) is 12.5 Å². The zero-order chi connectivity index (χ0) is 18.4. The molecule has 0 spiro atoms. The van der Waals surface area contributed by atoms with Gasteiger partial charge in [0, 0.05) is 5.92 Å². The van der Waals surface area contributed by atoms with Crippen LogP contribution in [0.3, 0.4) is 0 Å². The molecule has 1 atom stereocenters. The van der Waals surface area contributed by atoms with E-state index >= 15 is 0 Å². The molecule has 0 saturated heterocycles. The molecule has 0 saturated carbocycles. The van der Waals surface area contributed by atoms with Gasteiger partial charge in [0.1, 0.15) is 0 Å². The zero-order valence-corrected chi connectivity index (χ0v) is 13.8. The van der Waals surface area contributed by atoms with Crippen molar-refractivity contribution >= 4 is 5.97 Å². The van der Waals surface area contributed by atoms with E-state index in [4.69, 9.17) is 5.11 Å². The van der Waals surface area contributed by atoms with Gasteiger partial charge in [-0.15, -0.1) is 0 Å². The Morgan fingerprint density at radius 1 is 1.04 bits per heavy atom. The van der Waals surface area contributed by atoms with Gasteiger partial charge in [-0.3, -0.25) is 9.69 Å². The second-order valence-corrected chi connectivity index (χ2v) is 6.00. The van der Waals surface area contributed by atoms with E-state index in [0.717, 1.165) is 23.3 Å². The van der Waals surface area contributed by atoms with Crippen molar-refractivity contribution in [2.45, 2.75) is 18.5 Å². The van der Waals surface area contributed by atoms with Crippen LogP contribution in [-0.2, 0) is 11.0 Å². The number of likely N-dealkylation sites (N-methyl/N-ethyl adjacent to an activating group) is 1. The van der Waals surface area contributed by atoms with E-state index in [1.165, 1.54) is 12.1 Å². The van der Waals surface area contributed by atoms with Crippen LogP contribution < -0.4 is 0 Å². The number of benzene rings is 2. The van der Waals surface area contributed by atoms with Crippen molar-refractivity contribution in [3.05, 3.63) is 71.3 Å². The Bertz CT molecular complexity index is 684. The smallest absolute Gasteiger partial charge is 0.416 e. The summed E-state index contributed by atoms with van der Waals surface area (Å²) in [7, 11) is 1.71. The maximum absolute atomic E-state index is 12.8. The number of halogens is 3. The molecular formula is C19H20F3NO2. The first-order valence-corrected chi connectivity index (χ1v) is 7.90. The highest BCUT2D eigenvalue weighted by Gasteiger charge is 2.30. The minimum atomic E-state index is -4.36. The van der Waals surface area contributed by atoms with Crippen LogP contribution in [0.25, 0.3) is 0 Å². The highest BCUT2D eigenvalue weighted by atomic mass is 19.4. The summed E-state index contributed by atoms with van der Waals surface area (Å²) in [4.78, 5) is 12.5. The predicted molar refractivity (Wildman–Crippen MR) is 89.5 cm³/mol. The third-order valence-electron chi connectivity index (χ3n) is 4.05. The lowest BCUT2D eigenvalue weighted by Gasteiger charge is -2.22. The van der Waals surface area contributed by atoms with Gasteiger partial charge >= 0.3 is 12.1 Å². The molecule has 1 N–H and O–H groups in total. The van der Waals surface area contributed by atoms with E-state index in [1.807, 2.05) is 30.3 Å². The maximum Gasteiger partial charge on any atom is 0.416 e. The molecule has 0 radical (unpaired) electrons. The fraction of sp³-hybridized carbons (Fsp3) is 0.316. The molecule has 0 fully saturated rings. The van der Waals surface area contributed by atoms with Crippen LogP contribution in [0.15, 0.2) is 54.6 Å². The molecular weight excluding hydrogens is 331 g/mol. The topological polar surface area (TPSA) is 40.5 Å². The van der Waals surface area contributed by atoms with Gasteiger partial charge in [0.15, 0.2) is 0 Å². The van der Waals surface area contributed by atoms with Crippen molar-refractivity contribution < 1.29 is 23.1 Å². The standard InChI is InChI=1S/C19H20F3NO2/c1-23(13-18(24)25)12-11-17(14-5-3-2-4-6-14)15-7-9-16(10-8-15)19(20,21)22/h2-10,17H,11-13H2,1H3,(H,24,25). The first-order valence-electron chi connectivity index (χ1n) is 7.90. The Morgan fingerprint density at radius 3 is 2.12 bits per heavy atom. The predicted octanol–water partition coefficient (Wildman–Crippen LogP) is 4.24. The lowest BCUT2D eigenvalue weighted by Crippen LogP contribution is -2.27. The number of carboxylic acids is 1. The third-order valence-corrected chi connectivity index (χ3v) is 4.05. The summed E-state index contributed by atoms with van der Waals surface area (Å²) in [5.74, 6) is -1.01. The normalized spacial score (nSPS) is 13.0. The highest BCUT2D eigenvalue weighted by Crippen LogP contribution is 2.33. The van der Waals surface area contributed by atoms with E-state index in [2.05, 4.69) is 0 Å². The second kappa shape index (κ2) is 8.16. The molecule has 0 bridgehead atoms. The lowest BCUT2D eigenvalue weighted by molar-refractivity contribution is -0.138. The van der Waals surface area contributed by atoms with E-state index in [9.17, 15) is 18.0 Å². The molecule has 0 aromatic heterocycles.